The molecule has 2 N–H and O–H groups in total. The number of sulfonamides is 1. The Kier molecular flexibility index (Phi) is 5.09. The van der Waals surface area contributed by atoms with Gasteiger partial charge in [0.1, 0.15) is 5.76 Å². The van der Waals surface area contributed by atoms with Crippen LogP contribution >= 0.6 is 0 Å². The Balaban J connectivity index is 1.65. The monoisotopic (exact) mass is 356 g/mol. The fourth-order valence-corrected chi connectivity index (χ4v) is 3.44. The molecule has 0 bridgehead atoms. The highest BCUT2D eigenvalue weighted by atomic mass is 32.2. The average Bonchev–Trinajstić information content (AvgIpc) is 3.14. The van der Waals surface area contributed by atoms with Crippen molar-refractivity contribution in [3.8, 4) is 0 Å². The molecule has 25 heavy (non-hydrogen) atoms. The highest BCUT2D eigenvalue weighted by Crippen LogP contribution is 2.19. The highest BCUT2D eigenvalue weighted by Gasteiger charge is 2.13. The minimum Gasteiger partial charge on any atom is -0.467 e. The van der Waals surface area contributed by atoms with Crippen molar-refractivity contribution in [3.63, 3.8) is 0 Å². The maximum Gasteiger partial charge on any atom is 0.261 e. The normalized spacial score (nSPS) is 11.2. The van der Waals surface area contributed by atoms with E-state index in [1.165, 1.54) is 0 Å². The lowest BCUT2D eigenvalue weighted by molar-refractivity contribution is 0.518. The van der Waals surface area contributed by atoms with Gasteiger partial charge < -0.3 is 9.73 Å². The van der Waals surface area contributed by atoms with E-state index in [0.717, 1.165) is 23.4 Å². The van der Waals surface area contributed by atoms with Gasteiger partial charge in [0.15, 0.2) is 0 Å². The molecule has 0 fully saturated rings. The lowest BCUT2D eigenvalue weighted by Gasteiger charge is -2.10. The van der Waals surface area contributed by atoms with Crippen LogP contribution in [-0.4, -0.2) is 8.42 Å². The van der Waals surface area contributed by atoms with Gasteiger partial charge in [0.2, 0.25) is 0 Å². The molecule has 0 atom stereocenters. The van der Waals surface area contributed by atoms with E-state index in [9.17, 15) is 8.42 Å². The highest BCUT2D eigenvalue weighted by molar-refractivity contribution is 7.92. The van der Waals surface area contributed by atoms with Crippen LogP contribution in [0.3, 0.4) is 0 Å². The van der Waals surface area contributed by atoms with E-state index in [1.807, 2.05) is 43.3 Å². The van der Waals surface area contributed by atoms with E-state index in [2.05, 4.69) is 10.0 Å². The Labute approximate surface area is 147 Å². The molecule has 1 aromatic heterocycles. The van der Waals surface area contributed by atoms with Gasteiger partial charge >= 0.3 is 0 Å². The lowest BCUT2D eigenvalue weighted by Crippen LogP contribution is -2.13. The Morgan fingerprint density at radius 2 is 1.60 bits per heavy atom. The smallest absolute Gasteiger partial charge is 0.261 e. The van der Waals surface area contributed by atoms with Crippen LogP contribution in [0.5, 0.6) is 0 Å². The molecule has 3 aromatic rings. The third-order valence-electron chi connectivity index (χ3n) is 3.83. The predicted octanol–water partition coefficient (Wildman–Crippen LogP) is 4.25. The van der Waals surface area contributed by atoms with Crippen LogP contribution in [0.4, 0.5) is 11.4 Å². The summed E-state index contributed by atoms with van der Waals surface area (Å²) < 4.78 is 32.7. The fraction of sp³-hybridized carbons (Fsp3) is 0.158. The predicted molar refractivity (Wildman–Crippen MR) is 99.1 cm³/mol. The summed E-state index contributed by atoms with van der Waals surface area (Å²) in [5.41, 5.74) is 2.50. The van der Waals surface area contributed by atoms with Gasteiger partial charge in [0.25, 0.3) is 10.0 Å². The zero-order valence-electron chi connectivity index (χ0n) is 13.9. The molecule has 0 saturated heterocycles. The van der Waals surface area contributed by atoms with E-state index < -0.39 is 10.0 Å². The number of nitrogens with one attached hydrogen (secondary N) is 2. The molecule has 0 unspecified atom stereocenters. The first-order valence-corrected chi connectivity index (χ1v) is 9.53. The van der Waals surface area contributed by atoms with Gasteiger partial charge in [0.05, 0.1) is 17.7 Å². The second-order valence-corrected chi connectivity index (χ2v) is 7.30. The molecule has 2 aromatic carbocycles. The number of furan rings is 1. The van der Waals surface area contributed by atoms with E-state index >= 15 is 0 Å². The molecule has 3 rings (SSSR count). The number of benzene rings is 2. The van der Waals surface area contributed by atoms with Crippen molar-refractivity contribution in [1.29, 1.82) is 0 Å². The molecule has 0 saturated carbocycles. The van der Waals surface area contributed by atoms with Crippen LogP contribution in [0.2, 0.25) is 0 Å². The third kappa shape index (κ3) is 4.42. The molecular weight excluding hydrogens is 336 g/mol. The zero-order valence-corrected chi connectivity index (χ0v) is 14.7. The molecule has 0 aliphatic heterocycles. The standard InChI is InChI=1S/C19H20N2O3S/c1-2-15-5-11-19(12-6-15)25(22,23)21-17-9-7-16(8-10-17)20-14-18-4-3-13-24-18/h3-13,20-21H,2,14H2,1H3. The number of rotatable bonds is 7. The topological polar surface area (TPSA) is 71.3 Å². The van der Waals surface area contributed by atoms with Crippen molar-refractivity contribution < 1.29 is 12.8 Å². The van der Waals surface area contributed by atoms with Crippen molar-refractivity contribution >= 4 is 21.4 Å². The quantitative estimate of drug-likeness (QED) is 0.664. The Bertz CT molecular complexity index is 900. The lowest BCUT2D eigenvalue weighted by atomic mass is 10.2. The first-order chi connectivity index (χ1) is 12.1. The van der Waals surface area contributed by atoms with E-state index in [1.54, 1.807) is 30.5 Å². The maximum absolute atomic E-state index is 12.4. The number of hydrogen-bond donors (Lipinski definition) is 2. The summed E-state index contributed by atoms with van der Waals surface area (Å²) in [4.78, 5) is 0.254. The number of anilines is 2. The van der Waals surface area contributed by atoms with Gasteiger partial charge in [-0.3, -0.25) is 4.72 Å². The zero-order chi connectivity index (χ0) is 17.7. The Hall–Kier alpha value is -2.73. The third-order valence-corrected chi connectivity index (χ3v) is 5.22. The van der Waals surface area contributed by atoms with Crippen LogP contribution in [0, 0.1) is 0 Å². The van der Waals surface area contributed by atoms with Crippen LogP contribution in [-0.2, 0) is 23.0 Å². The van der Waals surface area contributed by atoms with Crippen molar-refractivity contribution in [2.45, 2.75) is 24.8 Å². The summed E-state index contributed by atoms with van der Waals surface area (Å²) in [6.07, 6.45) is 2.50. The molecule has 0 aliphatic carbocycles. The summed E-state index contributed by atoms with van der Waals surface area (Å²) >= 11 is 0. The summed E-state index contributed by atoms with van der Waals surface area (Å²) in [6, 6.07) is 17.7. The van der Waals surface area contributed by atoms with Crippen molar-refractivity contribution in [3.05, 3.63) is 78.3 Å². The second kappa shape index (κ2) is 7.44. The van der Waals surface area contributed by atoms with Gasteiger partial charge in [-0.1, -0.05) is 19.1 Å². The van der Waals surface area contributed by atoms with Crippen molar-refractivity contribution in [2.75, 3.05) is 10.0 Å². The van der Waals surface area contributed by atoms with Crippen LogP contribution in [0.1, 0.15) is 18.2 Å². The van der Waals surface area contributed by atoms with Gasteiger partial charge in [-0.2, -0.15) is 0 Å². The summed E-state index contributed by atoms with van der Waals surface area (Å²) in [5.74, 6) is 0.834. The van der Waals surface area contributed by atoms with Crippen LogP contribution in [0.15, 0.2) is 76.2 Å². The summed E-state index contributed by atoms with van der Waals surface area (Å²) in [7, 11) is -3.58. The van der Waals surface area contributed by atoms with Gasteiger partial charge in [-0.05, 0) is 60.5 Å². The molecule has 130 valence electrons. The molecule has 0 radical (unpaired) electrons. The summed E-state index contributed by atoms with van der Waals surface area (Å²) in [6.45, 7) is 2.60. The minimum absolute atomic E-state index is 0.254. The molecule has 0 aliphatic rings. The summed E-state index contributed by atoms with van der Waals surface area (Å²) in [5, 5.41) is 3.21. The van der Waals surface area contributed by atoms with E-state index in [0.29, 0.717) is 12.2 Å². The minimum atomic E-state index is -3.58. The number of aryl methyl sites for hydroxylation is 1. The molecule has 0 spiro atoms. The molecule has 1 heterocycles. The first kappa shape index (κ1) is 17.1. The van der Waals surface area contributed by atoms with Gasteiger partial charge in [-0.15, -0.1) is 0 Å². The Morgan fingerprint density at radius 3 is 2.20 bits per heavy atom. The largest absolute Gasteiger partial charge is 0.467 e. The van der Waals surface area contributed by atoms with Crippen LogP contribution in [0.25, 0.3) is 0 Å². The van der Waals surface area contributed by atoms with Crippen molar-refractivity contribution in [2.24, 2.45) is 0 Å². The maximum atomic E-state index is 12.4. The molecular formula is C19H20N2O3S. The first-order valence-electron chi connectivity index (χ1n) is 8.05. The Morgan fingerprint density at radius 1 is 0.920 bits per heavy atom. The molecule has 6 heteroatoms. The van der Waals surface area contributed by atoms with Crippen LogP contribution < -0.4 is 10.0 Å². The fourth-order valence-electron chi connectivity index (χ4n) is 2.38. The van der Waals surface area contributed by atoms with Crippen molar-refractivity contribution in [1.82, 2.24) is 0 Å². The average molecular weight is 356 g/mol. The second-order valence-electron chi connectivity index (χ2n) is 5.61. The van der Waals surface area contributed by atoms with Gasteiger partial charge in [-0.25, -0.2) is 8.42 Å². The SMILES string of the molecule is CCc1ccc(S(=O)(=O)Nc2ccc(NCc3ccco3)cc2)cc1. The molecule has 5 nitrogen and oxygen atoms in total. The van der Waals surface area contributed by atoms with E-state index in [-0.39, 0.29) is 4.90 Å². The number of hydrogen-bond acceptors (Lipinski definition) is 4. The van der Waals surface area contributed by atoms with E-state index in [4.69, 9.17) is 4.42 Å². The molecule has 0 amide bonds. The van der Waals surface area contributed by atoms with Gasteiger partial charge in [0, 0.05) is 11.4 Å².